The quantitative estimate of drug-likeness (QED) is 0.660. The number of hydrogen-bond acceptors (Lipinski definition) is 2. The maximum absolute atomic E-state index is 4.35. The first kappa shape index (κ1) is 7.99. The van der Waals surface area contributed by atoms with Gasteiger partial charge in [0.2, 0.25) is 0 Å². The van der Waals surface area contributed by atoms with E-state index in [2.05, 4.69) is 16.4 Å². The molecular formula is C10H16N2. The van der Waals surface area contributed by atoms with Crippen molar-refractivity contribution in [1.29, 1.82) is 0 Å². The summed E-state index contributed by atoms with van der Waals surface area (Å²) in [5.74, 6) is 0.882. The Morgan fingerprint density at radius 2 is 2.25 bits per heavy atom. The first-order valence-corrected chi connectivity index (χ1v) is 4.87. The van der Waals surface area contributed by atoms with Gasteiger partial charge in [0.15, 0.2) is 0 Å². The standard InChI is InChI=1S/C10H16N2/c1-2-10(12-5-1)8-9-3-6-11-7-4-9/h2,5,9,11H,1,3-4,6-8H2. The molecule has 2 heteroatoms. The van der Waals surface area contributed by atoms with Crippen molar-refractivity contribution in [3.8, 4) is 0 Å². The van der Waals surface area contributed by atoms with Crippen molar-refractivity contribution in [2.45, 2.75) is 25.7 Å². The highest BCUT2D eigenvalue weighted by Gasteiger charge is 2.14. The summed E-state index contributed by atoms with van der Waals surface area (Å²) >= 11 is 0. The van der Waals surface area contributed by atoms with Gasteiger partial charge in [0.1, 0.15) is 0 Å². The fourth-order valence-electron chi connectivity index (χ4n) is 1.93. The van der Waals surface area contributed by atoms with Gasteiger partial charge in [-0.2, -0.15) is 0 Å². The number of nitrogens with zero attached hydrogens (tertiary/aromatic N) is 1. The smallest absolute Gasteiger partial charge is 0.0366 e. The average molecular weight is 164 g/mol. The van der Waals surface area contributed by atoms with E-state index in [4.69, 9.17) is 0 Å². The molecule has 2 aliphatic heterocycles. The lowest BCUT2D eigenvalue weighted by molar-refractivity contribution is 0.371. The zero-order chi connectivity index (χ0) is 8.23. The number of rotatable bonds is 2. The Morgan fingerprint density at radius 3 is 2.92 bits per heavy atom. The lowest BCUT2D eigenvalue weighted by atomic mass is 9.93. The van der Waals surface area contributed by atoms with Crippen LogP contribution in [0.15, 0.2) is 16.8 Å². The van der Waals surface area contributed by atoms with E-state index in [9.17, 15) is 0 Å². The van der Waals surface area contributed by atoms with E-state index >= 15 is 0 Å². The van der Waals surface area contributed by atoms with Crippen LogP contribution in [-0.2, 0) is 0 Å². The Morgan fingerprint density at radius 1 is 1.42 bits per heavy atom. The summed E-state index contributed by atoms with van der Waals surface area (Å²) in [7, 11) is 0. The molecule has 66 valence electrons. The number of nitrogens with one attached hydrogen (secondary N) is 1. The highest BCUT2D eigenvalue weighted by Crippen LogP contribution is 2.23. The molecule has 0 aliphatic carbocycles. The van der Waals surface area contributed by atoms with Crippen LogP contribution in [0.2, 0.25) is 0 Å². The van der Waals surface area contributed by atoms with Crippen molar-refractivity contribution in [3.63, 3.8) is 0 Å². The molecule has 0 aromatic heterocycles. The molecule has 0 unspecified atom stereocenters. The third-order valence-electron chi connectivity index (χ3n) is 2.67. The maximum Gasteiger partial charge on any atom is 0.0366 e. The van der Waals surface area contributed by atoms with Crippen molar-refractivity contribution < 1.29 is 0 Å². The SMILES string of the molecule is C1=NC(CC2CCNCC2)=CC1. The van der Waals surface area contributed by atoms with Crippen LogP contribution >= 0.6 is 0 Å². The van der Waals surface area contributed by atoms with E-state index in [0.717, 1.165) is 12.3 Å². The third kappa shape index (κ3) is 1.95. The second-order valence-electron chi connectivity index (χ2n) is 3.64. The van der Waals surface area contributed by atoms with Gasteiger partial charge < -0.3 is 5.32 Å². The van der Waals surface area contributed by atoms with Gasteiger partial charge >= 0.3 is 0 Å². The first-order chi connectivity index (χ1) is 5.95. The minimum Gasteiger partial charge on any atom is -0.317 e. The average Bonchev–Trinajstić information content (AvgIpc) is 2.59. The molecule has 2 nitrogen and oxygen atoms in total. The third-order valence-corrected chi connectivity index (χ3v) is 2.67. The second-order valence-corrected chi connectivity index (χ2v) is 3.64. The zero-order valence-electron chi connectivity index (χ0n) is 7.42. The molecule has 1 N–H and O–H groups in total. The molecule has 0 radical (unpaired) electrons. The first-order valence-electron chi connectivity index (χ1n) is 4.87. The van der Waals surface area contributed by atoms with Crippen LogP contribution in [-0.4, -0.2) is 19.3 Å². The second kappa shape index (κ2) is 3.85. The molecule has 2 rings (SSSR count). The van der Waals surface area contributed by atoms with Gasteiger partial charge in [-0.1, -0.05) is 6.08 Å². The summed E-state index contributed by atoms with van der Waals surface area (Å²) in [4.78, 5) is 4.35. The Labute approximate surface area is 73.8 Å². The summed E-state index contributed by atoms with van der Waals surface area (Å²) in [6.07, 6.45) is 9.18. The van der Waals surface area contributed by atoms with Crippen molar-refractivity contribution in [3.05, 3.63) is 11.8 Å². The van der Waals surface area contributed by atoms with E-state index in [1.807, 2.05) is 6.21 Å². The van der Waals surface area contributed by atoms with E-state index in [0.29, 0.717) is 0 Å². The molecule has 0 bridgehead atoms. The van der Waals surface area contributed by atoms with E-state index < -0.39 is 0 Å². The summed E-state index contributed by atoms with van der Waals surface area (Å²) in [6, 6.07) is 0. The van der Waals surface area contributed by atoms with Crippen LogP contribution < -0.4 is 5.32 Å². The van der Waals surface area contributed by atoms with Gasteiger partial charge in [-0.3, -0.25) is 4.99 Å². The molecule has 0 saturated carbocycles. The molecule has 2 heterocycles. The number of allylic oxidation sites excluding steroid dienone is 2. The molecular weight excluding hydrogens is 148 g/mol. The Hall–Kier alpha value is -0.630. The lowest BCUT2D eigenvalue weighted by Crippen LogP contribution is -2.27. The van der Waals surface area contributed by atoms with E-state index in [1.54, 1.807) is 0 Å². The molecule has 12 heavy (non-hydrogen) atoms. The van der Waals surface area contributed by atoms with Crippen molar-refractivity contribution in [1.82, 2.24) is 5.32 Å². The minimum absolute atomic E-state index is 0.882. The summed E-state index contributed by atoms with van der Waals surface area (Å²) in [5.41, 5.74) is 1.32. The molecule has 1 fully saturated rings. The van der Waals surface area contributed by atoms with E-state index in [1.165, 1.54) is 38.0 Å². The van der Waals surface area contributed by atoms with Gasteiger partial charge in [0, 0.05) is 18.3 Å². The van der Waals surface area contributed by atoms with Gasteiger partial charge in [-0.05, 0) is 38.3 Å². The van der Waals surface area contributed by atoms with Gasteiger partial charge in [-0.25, -0.2) is 0 Å². The lowest BCUT2D eigenvalue weighted by Gasteiger charge is -2.22. The molecule has 1 saturated heterocycles. The van der Waals surface area contributed by atoms with Crippen molar-refractivity contribution in [2.75, 3.05) is 13.1 Å². The fourth-order valence-corrected chi connectivity index (χ4v) is 1.93. The topological polar surface area (TPSA) is 24.4 Å². The molecule has 0 aromatic rings. The predicted molar refractivity (Wildman–Crippen MR) is 51.4 cm³/mol. The van der Waals surface area contributed by atoms with E-state index in [-0.39, 0.29) is 0 Å². The highest BCUT2D eigenvalue weighted by atomic mass is 14.9. The summed E-state index contributed by atoms with van der Waals surface area (Å²) < 4.78 is 0. The van der Waals surface area contributed by atoms with Crippen molar-refractivity contribution >= 4 is 6.21 Å². The molecule has 0 atom stereocenters. The Balaban J connectivity index is 1.81. The number of aliphatic imine (C=N–C) groups is 1. The Kier molecular flexibility index (Phi) is 2.57. The number of hydrogen-bond donors (Lipinski definition) is 1. The predicted octanol–water partition coefficient (Wildman–Crippen LogP) is 1.73. The van der Waals surface area contributed by atoms with Crippen LogP contribution in [0.5, 0.6) is 0 Å². The zero-order valence-corrected chi connectivity index (χ0v) is 7.42. The van der Waals surface area contributed by atoms with Crippen LogP contribution in [0, 0.1) is 5.92 Å². The van der Waals surface area contributed by atoms with Crippen LogP contribution in [0.3, 0.4) is 0 Å². The maximum atomic E-state index is 4.35. The normalized spacial score (nSPS) is 24.5. The largest absolute Gasteiger partial charge is 0.317 e. The summed E-state index contributed by atoms with van der Waals surface area (Å²) in [5, 5.41) is 3.38. The molecule has 0 amide bonds. The van der Waals surface area contributed by atoms with Crippen LogP contribution in [0.4, 0.5) is 0 Å². The van der Waals surface area contributed by atoms with Crippen LogP contribution in [0.25, 0.3) is 0 Å². The summed E-state index contributed by atoms with van der Waals surface area (Å²) in [6.45, 7) is 2.39. The fraction of sp³-hybridized carbons (Fsp3) is 0.700. The minimum atomic E-state index is 0.882. The monoisotopic (exact) mass is 164 g/mol. The molecule has 2 aliphatic rings. The Bertz CT molecular complexity index is 200. The van der Waals surface area contributed by atoms with Gasteiger partial charge in [0.25, 0.3) is 0 Å². The van der Waals surface area contributed by atoms with Gasteiger partial charge in [-0.15, -0.1) is 0 Å². The molecule has 0 spiro atoms. The highest BCUT2D eigenvalue weighted by molar-refractivity contribution is 5.64. The van der Waals surface area contributed by atoms with Crippen molar-refractivity contribution in [2.24, 2.45) is 10.9 Å². The van der Waals surface area contributed by atoms with Gasteiger partial charge in [0.05, 0.1) is 0 Å². The molecule has 0 aromatic carbocycles. The van der Waals surface area contributed by atoms with Crippen LogP contribution in [0.1, 0.15) is 25.7 Å². The number of piperidine rings is 1.